The Morgan fingerprint density at radius 3 is 2.34 bits per heavy atom. The number of halogens is 1. The van der Waals surface area contributed by atoms with Gasteiger partial charge >= 0.3 is 11.9 Å². The smallest absolute Gasteiger partial charge is 0.414 e. The third kappa shape index (κ3) is 6.35. The maximum atomic E-state index is 9.10. The van der Waals surface area contributed by atoms with Crippen molar-refractivity contribution in [3.8, 4) is 17.0 Å². The van der Waals surface area contributed by atoms with Crippen LogP contribution < -0.4 is 10.1 Å². The van der Waals surface area contributed by atoms with Crippen molar-refractivity contribution in [1.82, 2.24) is 9.55 Å². The van der Waals surface area contributed by atoms with E-state index >= 15 is 0 Å². The number of imidazole rings is 1. The first-order chi connectivity index (χ1) is 13.8. The molecule has 3 rings (SSSR count). The number of aromatic nitrogens is 2. The summed E-state index contributed by atoms with van der Waals surface area (Å²) in [7, 11) is 3.68. The molecule has 2 aromatic carbocycles. The molecular weight excluding hydrogens is 442 g/mol. The number of methoxy groups -OCH3 is 1. The summed E-state index contributed by atoms with van der Waals surface area (Å²) in [6.07, 6.45) is 1.89. The van der Waals surface area contributed by atoms with E-state index < -0.39 is 11.9 Å². The lowest BCUT2D eigenvalue weighted by molar-refractivity contribution is -0.159. The Hall–Kier alpha value is -3.33. The predicted octanol–water partition coefficient (Wildman–Crippen LogP) is 3.63. The zero-order chi connectivity index (χ0) is 21.4. The van der Waals surface area contributed by atoms with Gasteiger partial charge in [0.05, 0.1) is 19.0 Å². The molecule has 0 atom stereocenters. The van der Waals surface area contributed by atoms with Gasteiger partial charge in [-0.15, -0.1) is 0 Å². The van der Waals surface area contributed by atoms with Gasteiger partial charge in [0, 0.05) is 23.6 Å². The lowest BCUT2D eigenvalue weighted by atomic mass is 10.2. The summed E-state index contributed by atoms with van der Waals surface area (Å²) >= 11 is 3.51. The van der Waals surface area contributed by atoms with Crippen LogP contribution in [0.3, 0.4) is 0 Å². The monoisotopic (exact) mass is 461 g/mol. The molecule has 1 aromatic heterocycles. The van der Waals surface area contributed by atoms with Crippen molar-refractivity contribution in [1.29, 1.82) is 0 Å². The average molecular weight is 462 g/mol. The first-order valence-electron chi connectivity index (χ1n) is 8.42. The molecule has 1 heterocycles. The molecule has 0 amide bonds. The van der Waals surface area contributed by atoms with E-state index in [1.165, 1.54) is 5.56 Å². The van der Waals surface area contributed by atoms with Crippen molar-refractivity contribution in [2.24, 2.45) is 7.05 Å². The van der Waals surface area contributed by atoms with E-state index in [-0.39, 0.29) is 0 Å². The summed E-state index contributed by atoms with van der Waals surface area (Å²) in [5.74, 6) is -1.94. The van der Waals surface area contributed by atoms with E-state index in [0.717, 1.165) is 27.4 Å². The second kappa shape index (κ2) is 10.3. The van der Waals surface area contributed by atoms with Crippen LogP contribution in [0.1, 0.15) is 5.56 Å². The van der Waals surface area contributed by atoms with E-state index in [9.17, 15) is 0 Å². The van der Waals surface area contributed by atoms with Crippen molar-refractivity contribution in [2.75, 3.05) is 12.4 Å². The standard InChI is InChI=1S/C18H18BrN3O.C2H2O4/c1-22-17(14-4-3-5-15(19)10-14)12-21-18(22)20-11-13-6-8-16(23-2)9-7-13;3-1(4)2(5)6/h3-10,12H,11H2,1-2H3,(H,20,21);(H,3,4)(H,5,6). The van der Waals surface area contributed by atoms with Gasteiger partial charge in [0.25, 0.3) is 0 Å². The summed E-state index contributed by atoms with van der Waals surface area (Å²) in [6.45, 7) is 0.715. The van der Waals surface area contributed by atoms with Crippen LogP contribution in [0.4, 0.5) is 5.95 Å². The molecule has 3 N–H and O–H groups in total. The van der Waals surface area contributed by atoms with Crippen molar-refractivity contribution < 1.29 is 24.5 Å². The summed E-state index contributed by atoms with van der Waals surface area (Å²) < 4.78 is 8.29. The molecule has 0 radical (unpaired) electrons. The summed E-state index contributed by atoms with van der Waals surface area (Å²) in [5, 5.41) is 18.2. The highest BCUT2D eigenvalue weighted by Crippen LogP contribution is 2.25. The van der Waals surface area contributed by atoms with Gasteiger partial charge in [-0.05, 0) is 29.8 Å². The van der Waals surface area contributed by atoms with Crippen molar-refractivity contribution in [3.63, 3.8) is 0 Å². The second-order valence-corrected chi connectivity index (χ2v) is 6.76. The topological polar surface area (TPSA) is 114 Å². The number of carboxylic acids is 2. The maximum Gasteiger partial charge on any atom is 0.414 e. The zero-order valence-electron chi connectivity index (χ0n) is 15.8. The maximum absolute atomic E-state index is 9.10. The van der Waals surface area contributed by atoms with Crippen LogP contribution in [0, 0.1) is 0 Å². The Kier molecular flexibility index (Phi) is 7.79. The van der Waals surface area contributed by atoms with E-state index in [1.807, 2.05) is 49.6 Å². The Balaban J connectivity index is 0.000000438. The lowest BCUT2D eigenvalue weighted by Gasteiger charge is -2.09. The third-order valence-electron chi connectivity index (χ3n) is 3.90. The van der Waals surface area contributed by atoms with E-state index in [4.69, 9.17) is 24.5 Å². The number of carbonyl (C=O) groups is 2. The molecule has 3 aromatic rings. The average Bonchev–Trinajstić information content (AvgIpc) is 3.07. The van der Waals surface area contributed by atoms with Gasteiger partial charge in [0.1, 0.15) is 5.75 Å². The molecule has 0 aliphatic heterocycles. The SMILES string of the molecule is COc1ccc(CNc2ncc(-c3cccc(Br)c3)n2C)cc1.O=C(O)C(=O)O. The molecule has 0 aliphatic carbocycles. The van der Waals surface area contributed by atoms with Crippen molar-refractivity contribution in [2.45, 2.75) is 6.54 Å². The Morgan fingerprint density at radius 1 is 1.14 bits per heavy atom. The molecule has 0 spiro atoms. The minimum absolute atomic E-state index is 0.715. The molecule has 0 bridgehead atoms. The fraction of sp³-hybridized carbons (Fsp3) is 0.150. The zero-order valence-corrected chi connectivity index (χ0v) is 17.4. The number of hydrogen-bond donors (Lipinski definition) is 3. The molecule has 8 nitrogen and oxygen atoms in total. The van der Waals surface area contributed by atoms with Crippen LogP contribution in [-0.4, -0.2) is 38.8 Å². The van der Waals surface area contributed by atoms with Crippen LogP contribution >= 0.6 is 15.9 Å². The highest BCUT2D eigenvalue weighted by Gasteiger charge is 2.08. The van der Waals surface area contributed by atoms with E-state index in [2.05, 4.69) is 42.9 Å². The minimum Gasteiger partial charge on any atom is -0.497 e. The minimum atomic E-state index is -1.82. The number of ether oxygens (including phenoxy) is 1. The van der Waals surface area contributed by atoms with Crippen LogP contribution in [0.2, 0.25) is 0 Å². The fourth-order valence-corrected chi connectivity index (χ4v) is 2.81. The Morgan fingerprint density at radius 2 is 1.79 bits per heavy atom. The van der Waals surface area contributed by atoms with Crippen molar-refractivity contribution in [3.05, 3.63) is 64.8 Å². The predicted molar refractivity (Wildman–Crippen MR) is 112 cm³/mol. The second-order valence-electron chi connectivity index (χ2n) is 5.85. The number of aliphatic carboxylic acids is 2. The fourth-order valence-electron chi connectivity index (χ4n) is 2.41. The highest BCUT2D eigenvalue weighted by molar-refractivity contribution is 9.10. The van der Waals surface area contributed by atoms with Crippen LogP contribution in [0.5, 0.6) is 5.75 Å². The summed E-state index contributed by atoms with van der Waals surface area (Å²) in [5.41, 5.74) is 3.38. The number of carboxylic acid groups (broad SMARTS) is 2. The molecule has 152 valence electrons. The molecule has 29 heavy (non-hydrogen) atoms. The van der Waals surface area contributed by atoms with Crippen LogP contribution in [-0.2, 0) is 23.2 Å². The molecule has 0 aliphatic rings. The van der Waals surface area contributed by atoms with Gasteiger partial charge in [-0.3, -0.25) is 0 Å². The van der Waals surface area contributed by atoms with Crippen molar-refractivity contribution >= 4 is 33.8 Å². The van der Waals surface area contributed by atoms with Gasteiger partial charge in [0.15, 0.2) is 0 Å². The van der Waals surface area contributed by atoms with Gasteiger partial charge in [-0.2, -0.15) is 0 Å². The molecule has 9 heteroatoms. The number of rotatable bonds is 5. The number of nitrogens with one attached hydrogen (secondary N) is 1. The molecular formula is C20H20BrN3O5. The first-order valence-corrected chi connectivity index (χ1v) is 9.21. The lowest BCUT2D eigenvalue weighted by Crippen LogP contribution is -2.09. The Labute approximate surface area is 175 Å². The molecule has 0 unspecified atom stereocenters. The summed E-state index contributed by atoms with van der Waals surface area (Å²) in [4.78, 5) is 22.7. The van der Waals surface area contributed by atoms with Gasteiger partial charge in [-0.1, -0.05) is 40.2 Å². The van der Waals surface area contributed by atoms with E-state index in [1.54, 1.807) is 7.11 Å². The molecule has 0 saturated carbocycles. The Bertz CT molecular complexity index is 974. The normalized spacial score (nSPS) is 9.90. The first kappa shape index (κ1) is 22.0. The number of nitrogens with zero attached hydrogens (tertiary/aromatic N) is 2. The van der Waals surface area contributed by atoms with Crippen LogP contribution in [0.15, 0.2) is 59.2 Å². The van der Waals surface area contributed by atoms with Crippen LogP contribution in [0.25, 0.3) is 11.3 Å². The third-order valence-corrected chi connectivity index (χ3v) is 4.39. The quantitative estimate of drug-likeness (QED) is 0.497. The van der Waals surface area contributed by atoms with Gasteiger partial charge < -0.3 is 24.8 Å². The number of hydrogen-bond acceptors (Lipinski definition) is 5. The number of benzene rings is 2. The van der Waals surface area contributed by atoms with E-state index in [0.29, 0.717) is 6.54 Å². The molecule has 0 saturated heterocycles. The number of anilines is 1. The van der Waals surface area contributed by atoms with Gasteiger partial charge in [0.2, 0.25) is 5.95 Å². The highest BCUT2D eigenvalue weighted by atomic mass is 79.9. The summed E-state index contributed by atoms with van der Waals surface area (Å²) in [6, 6.07) is 16.2. The largest absolute Gasteiger partial charge is 0.497 e. The molecule has 0 fully saturated rings. The van der Waals surface area contributed by atoms with Gasteiger partial charge in [-0.25, -0.2) is 14.6 Å².